The van der Waals surface area contributed by atoms with E-state index >= 15 is 0 Å². The van der Waals surface area contributed by atoms with Gasteiger partial charge in [0.1, 0.15) is 11.9 Å². The molecule has 1 atom stereocenters. The maximum Gasteiger partial charge on any atom is 1.00 e. The zero-order valence-electron chi connectivity index (χ0n) is 18.7. The first-order valence-electron chi connectivity index (χ1n) is 11.1. The van der Waals surface area contributed by atoms with Gasteiger partial charge in [0.2, 0.25) is 0 Å². The number of ether oxygens (including phenoxy) is 1. The quantitative estimate of drug-likeness (QED) is 0.224. The molecule has 0 aliphatic carbocycles. The van der Waals surface area contributed by atoms with Crippen LogP contribution in [0.2, 0.25) is 0 Å². The SMILES string of the molecule is CCCCCCCC[C@@H](Oc1ccc(C(=O)CCCCCCC)cc1)C(=O)[O-].[Na+]. The molecule has 0 unspecified atom stereocenters. The number of carbonyl (C=O) groups excluding carboxylic acids is 2. The molecule has 0 aliphatic rings. The maximum atomic E-state index is 12.2. The Hall–Kier alpha value is -0.840. The number of benzene rings is 1. The van der Waals surface area contributed by atoms with Gasteiger partial charge in [-0.25, -0.2) is 0 Å². The molecule has 0 aromatic heterocycles. The molecule has 1 rings (SSSR count). The minimum atomic E-state index is -1.18. The van der Waals surface area contributed by atoms with Crippen LogP contribution in [-0.2, 0) is 4.79 Å². The van der Waals surface area contributed by atoms with Gasteiger partial charge in [0, 0.05) is 12.0 Å². The normalized spacial score (nSPS) is 11.5. The van der Waals surface area contributed by atoms with Crippen molar-refractivity contribution in [1.29, 1.82) is 0 Å². The average Bonchev–Trinajstić information content (AvgIpc) is 2.69. The number of carboxylic acids is 1. The fourth-order valence-electron chi connectivity index (χ4n) is 3.25. The van der Waals surface area contributed by atoms with Gasteiger partial charge >= 0.3 is 29.6 Å². The Morgan fingerprint density at radius 2 is 1.34 bits per heavy atom. The molecule has 1 aromatic carbocycles. The van der Waals surface area contributed by atoms with Gasteiger partial charge in [-0.1, -0.05) is 71.6 Å². The second kappa shape index (κ2) is 18.0. The minimum absolute atomic E-state index is 0. The maximum absolute atomic E-state index is 12.2. The van der Waals surface area contributed by atoms with Gasteiger partial charge in [-0.3, -0.25) is 4.79 Å². The number of unbranched alkanes of at least 4 members (excludes halogenated alkanes) is 9. The summed E-state index contributed by atoms with van der Waals surface area (Å²) >= 11 is 0. The predicted octanol–water partition coefficient (Wildman–Crippen LogP) is 2.48. The third-order valence-corrected chi connectivity index (χ3v) is 5.04. The Morgan fingerprint density at radius 1 is 0.828 bits per heavy atom. The number of carboxylic acid groups (broad SMARTS) is 1. The fourth-order valence-corrected chi connectivity index (χ4v) is 3.25. The van der Waals surface area contributed by atoms with Crippen LogP contribution < -0.4 is 39.4 Å². The smallest absolute Gasteiger partial charge is 0.546 e. The Balaban J connectivity index is 0.00000784. The van der Waals surface area contributed by atoms with Crippen LogP contribution in [0.25, 0.3) is 0 Å². The van der Waals surface area contributed by atoms with Crippen molar-refractivity contribution >= 4 is 11.8 Å². The van der Waals surface area contributed by atoms with E-state index in [2.05, 4.69) is 13.8 Å². The van der Waals surface area contributed by atoms with Crippen molar-refractivity contribution in [2.45, 2.75) is 103 Å². The van der Waals surface area contributed by atoms with Gasteiger partial charge in [0.15, 0.2) is 5.78 Å². The number of aliphatic carboxylic acids is 1. The van der Waals surface area contributed by atoms with E-state index in [1.807, 2.05) is 0 Å². The molecule has 0 aliphatic heterocycles. The number of hydrogen-bond donors (Lipinski definition) is 0. The van der Waals surface area contributed by atoms with Crippen LogP contribution in [0.5, 0.6) is 5.75 Å². The molecule has 29 heavy (non-hydrogen) atoms. The van der Waals surface area contributed by atoms with Crippen LogP contribution in [0, 0.1) is 0 Å². The molecule has 0 saturated carbocycles. The molecule has 0 fully saturated rings. The third-order valence-electron chi connectivity index (χ3n) is 5.04. The van der Waals surface area contributed by atoms with Crippen molar-refractivity contribution in [3.63, 3.8) is 0 Å². The summed E-state index contributed by atoms with van der Waals surface area (Å²) < 4.78 is 5.59. The number of carbonyl (C=O) groups is 2. The Morgan fingerprint density at radius 3 is 1.90 bits per heavy atom. The Kier molecular flexibility index (Phi) is 17.5. The van der Waals surface area contributed by atoms with E-state index in [0.717, 1.165) is 32.1 Å². The van der Waals surface area contributed by atoms with E-state index in [0.29, 0.717) is 24.2 Å². The number of hydrogen-bond acceptors (Lipinski definition) is 4. The molecular formula is C24H37NaO4. The average molecular weight is 413 g/mol. The molecule has 4 nitrogen and oxygen atoms in total. The summed E-state index contributed by atoms with van der Waals surface area (Å²) in [7, 11) is 0. The molecule has 0 heterocycles. The molecule has 158 valence electrons. The second-order valence-corrected chi connectivity index (χ2v) is 7.59. The summed E-state index contributed by atoms with van der Waals surface area (Å²) in [5.41, 5.74) is 0.656. The van der Waals surface area contributed by atoms with Crippen LogP contribution in [0.1, 0.15) is 108 Å². The van der Waals surface area contributed by atoms with Gasteiger partial charge in [-0.05, 0) is 43.5 Å². The first-order valence-corrected chi connectivity index (χ1v) is 11.1. The van der Waals surface area contributed by atoms with E-state index in [4.69, 9.17) is 4.74 Å². The largest absolute Gasteiger partial charge is 1.00 e. The van der Waals surface area contributed by atoms with Crippen molar-refractivity contribution in [3.05, 3.63) is 29.8 Å². The van der Waals surface area contributed by atoms with Crippen molar-refractivity contribution < 1.29 is 49.0 Å². The Bertz CT molecular complexity index is 557. The van der Waals surface area contributed by atoms with Crippen molar-refractivity contribution in [3.8, 4) is 5.75 Å². The molecule has 0 saturated heterocycles. The molecule has 0 spiro atoms. The third kappa shape index (κ3) is 13.1. The van der Waals surface area contributed by atoms with Crippen LogP contribution in [0.15, 0.2) is 24.3 Å². The molecular weight excluding hydrogens is 375 g/mol. The van der Waals surface area contributed by atoms with Crippen molar-refractivity contribution in [2.75, 3.05) is 0 Å². The monoisotopic (exact) mass is 412 g/mol. The van der Waals surface area contributed by atoms with Gasteiger partial charge < -0.3 is 14.6 Å². The molecule has 0 bridgehead atoms. The van der Waals surface area contributed by atoms with Gasteiger partial charge in [0.25, 0.3) is 0 Å². The first-order chi connectivity index (χ1) is 13.6. The van der Waals surface area contributed by atoms with Crippen LogP contribution in [0.3, 0.4) is 0 Å². The molecule has 0 amide bonds. The number of Topliss-reactive ketones (excluding diaryl/α,β-unsaturated/α-hetero) is 1. The van der Waals surface area contributed by atoms with E-state index in [1.54, 1.807) is 24.3 Å². The zero-order valence-corrected chi connectivity index (χ0v) is 20.7. The van der Waals surface area contributed by atoms with E-state index < -0.39 is 12.1 Å². The standard InChI is InChI=1S/C24H38O4.Na/c1-3-5-7-9-11-13-15-23(24(26)27)28-21-18-16-20(17-19-21)22(25)14-12-10-8-6-4-2;/h16-19,23H,3-15H2,1-2H3,(H,26,27);/q;+1/p-1/t23-;/m1./s1. The van der Waals surface area contributed by atoms with Crippen LogP contribution in [-0.4, -0.2) is 17.9 Å². The molecule has 0 N–H and O–H groups in total. The summed E-state index contributed by atoms with van der Waals surface area (Å²) in [6, 6.07) is 6.81. The van der Waals surface area contributed by atoms with Crippen molar-refractivity contribution in [2.24, 2.45) is 0 Å². The van der Waals surface area contributed by atoms with Crippen molar-refractivity contribution in [1.82, 2.24) is 0 Å². The molecule has 5 heteroatoms. The predicted molar refractivity (Wildman–Crippen MR) is 112 cm³/mol. The number of rotatable bonds is 17. The summed E-state index contributed by atoms with van der Waals surface area (Å²) in [5.74, 6) is -0.577. The van der Waals surface area contributed by atoms with E-state index in [1.165, 1.54) is 38.5 Å². The fraction of sp³-hybridized carbons (Fsp3) is 0.667. The van der Waals surface area contributed by atoms with Crippen LogP contribution in [0.4, 0.5) is 0 Å². The zero-order chi connectivity index (χ0) is 20.6. The van der Waals surface area contributed by atoms with Crippen LogP contribution >= 0.6 is 0 Å². The summed E-state index contributed by atoms with van der Waals surface area (Å²) in [5, 5.41) is 11.3. The van der Waals surface area contributed by atoms with Gasteiger partial charge in [-0.2, -0.15) is 0 Å². The minimum Gasteiger partial charge on any atom is -0.546 e. The summed E-state index contributed by atoms with van der Waals surface area (Å²) in [6.07, 6.45) is 12.3. The van der Waals surface area contributed by atoms with Gasteiger partial charge in [0.05, 0.1) is 5.97 Å². The topological polar surface area (TPSA) is 66.4 Å². The summed E-state index contributed by atoms with van der Waals surface area (Å²) in [4.78, 5) is 23.6. The molecule has 1 aromatic rings. The van der Waals surface area contributed by atoms with Gasteiger partial charge in [-0.15, -0.1) is 0 Å². The van der Waals surface area contributed by atoms with E-state index in [-0.39, 0.29) is 35.3 Å². The first kappa shape index (κ1) is 28.2. The summed E-state index contributed by atoms with van der Waals surface area (Å²) in [6.45, 7) is 4.35. The molecule has 0 radical (unpaired) electrons. The second-order valence-electron chi connectivity index (χ2n) is 7.59. The van der Waals surface area contributed by atoms with E-state index in [9.17, 15) is 14.7 Å². The number of ketones is 1. The Labute approximate surface area is 199 Å².